The van der Waals surface area contributed by atoms with Crippen LogP contribution in [-0.4, -0.2) is 88.0 Å². The number of ether oxygens (including phenoxy) is 2. The molecule has 2 aliphatic rings. The van der Waals surface area contributed by atoms with Crippen molar-refractivity contribution in [3.8, 4) is 0 Å². The number of nitrogens with one attached hydrogen (secondary N) is 1. The van der Waals surface area contributed by atoms with Gasteiger partial charge in [-0.2, -0.15) is 0 Å². The van der Waals surface area contributed by atoms with Gasteiger partial charge in [0.1, 0.15) is 0 Å². The van der Waals surface area contributed by atoms with E-state index in [1.807, 2.05) is 0 Å². The van der Waals surface area contributed by atoms with Crippen molar-refractivity contribution in [3.05, 3.63) is 0 Å². The minimum atomic E-state index is 0.468. The Hall–Kier alpha value is -0.850. The van der Waals surface area contributed by atoms with Crippen LogP contribution < -0.4 is 5.32 Å². The van der Waals surface area contributed by atoms with Crippen molar-refractivity contribution in [3.63, 3.8) is 0 Å². The molecule has 0 aromatic carbocycles. The predicted octanol–water partition coefficient (Wildman–Crippen LogP) is 0.641. The number of hydrogen-bond acceptors (Lipinski definition) is 4. The van der Waals surface area contributed by atoms with Crippen molar-refractivity contribution in [2.45, 2.75) is 26.3 Å². The molecule has 0 amide bonds. The second kappa shape index (κ2) is 9.33. The van der Waals surface area contributed by atoms with Gasteiger partial charge in [0, 0.05) is 51.8 Å². The van der Waals surface area contributed by atoms with E-state index in [1.165, 1.54) is 6.42 Å². The maximum Gasteiger partial charge on any atom is 0.193 e. The fraction of sp³-hybridized carbons (Fsp3) is 0.938. The molecule has 2 heterocycles. The van der Waals surface area contributed by atoms with Gasteiger partial charge >= 0.3 is 0 Å². The van der Waals surface area contributed by atoms with Crippen LogP contribution in [0.3, 0.4) is 0 Å². The van der Waals surface area contributed by atoms with Crippen LogP contribution in [0.5, 0.6) is 0 Å². The zero-order valence-electron chi connectivity index (χ0n) is 14.4. The molecule has 1 N–H and O–H groups in total. The van der Waals surface area contributed by atoms with Crippen molar-refractivity contribution >= 4 is 5.96 Å². The largest absolute Gasteiger partial charge is 0.384 e. The summed E-state index contributed by atoms with van der Waals surface area (Å²) in [6, 6.07) is 0.468. The van der Waals surface area contributed by atoms with Gasteiger partial charge in [0.2, 0.25) is 0 Å². The molecule has 2 atom stereocenters. The molecule has 128 valence electrons. The van der Waals surface area contributed by atoms with Gasteiger partial charge in [0.15, 0.2) is 5.96 Å². The molecule has 2 aliphatic heterocycles. The number of aliphatic imine (C=N–C) groups is 1. The van der Waals surface area contributed by atoms with Gasteiger partial charge in [0.05, 0.1) is 26.4 Å². The van der Waals surface area contributed by atoms with Gasteiger partial charge in [-0.3, -0.25) is 9.89 Å². The molecular formula is C16H32N4O2. The van der Waals surface area contributed by atoms with Crippen LogP contribution in [0.15, 0.2) is 4.99 Å². The molecule has 0 saturated carbocycles. The zero-order chi connectivity index (χ0) is 15.8. The monoisotopic (exact) mass is 312 g/mol. The highest BCUT2D eigenvalue weighted by Crippen LogP contribution is 2.16. The summed E-state index contributed by atoms with van der Waals surface area (Å²) in [4.78, 5) is 9.71. The number of likely N-dealkylation sites (tertiary alicyclic amines) is 1. The van der Waals surface area contributed by atoms with Crippen molar-refractivity contribution in [1.82, 2.24) is 15.1 Å². The molecule has 2 fully saturated rings. The van der Waals surface area contributed by atoms with Crippen molar-refractivity contribution < 1.29 is 9.47 Å². The predicted molar refractivity (Wildman–Crippen MR) is 89.4 cm³/mol. The van der Waals surface area contributed by atoms with Crippen molar-refractivity contribution in [2.24, 2.45) is 10.9 Å². The normalized spacial score (nSPS) is 25.5. The number of methoxy groups -OCH3 is 1. The standard InChI is InChI=1S/C16H32N4O2/c1-4-17-16(20-6-5-15(12-20)13-21-3)18-11-14(2)19-7-9-22-10-8-19/h14-15H,4-13H2,1-3H3,(H,17,18). The van der Waals surface area contributed by atoms with Crippen molar-refractivity contribution in [2.75, 3.05) is 66.2 Å². The Labute approximate surface area is 134 Å². The molecule has 6 nitrogen and oxygen atoms in total. The quantitative estimate of drug-likeness (QED) is 0.576. The van der Waals surface area contributed by atoms with Crippen LogP contribution in [0.1, 0.15) is 20.3 Å². The van der Waals surface area contributed by atoms with Crippen LogP contribution in [0.25, 0.3) is 0 Å². The van der Waals surface area contributed by atoms with Gasteiger partial charge < -0.3 is 19.7 Å². The molecule has 22 heavy (non-hydrogen) atoms. The first-order valence-corrected chi connectivity index (χ1v) is 8.58. The third-order valence-corrected chi connectivity index (χ3v) is 4.50. The van der Waals surface area contributed by atoms with Crippen LogP contribution in [0.4, 0.5) is 0 Å². The van der Waals surface area contributed by atoms with Gasteiger partial charge in [-0.15, -0.1) is 0 Å². The first kappa shape index (κ1) is 17.5. The zero-order valence-corrected chi connectivity index (χ0v) is 14.4. The average molecular weight is 312 g/mol. The van der Waals surface area contributed by atoms with Crippen molar-refractivity contribution in [1.29, 1.82) is 0 Å². The second-order valence-corrected chi connectivity index (χ2v) is 6.25. The highest BCUT2D eigenvalue weighted by Gasteiger charge is 2.25. The van der Waals surface area contributed by atoms with Crippen LogP contribution in [0, 0.1) is 5.92 Å². The van der Waals surface area contributed by atoms with E-state index in [9.17, 15) is 0 Å². The van der Waals surface area contributed by atoms with Crippen LogP contribution >= 0.6 is 0 Å². The Balaban J connectivity index is 1.86. The van der Waals surface area contributed by atoms with E-state index in [4.69, 9.17) is 14.5 Å². The van der Waals surface area contributed by atoms with E-state index in [1.54, 1.807) is 7.11 Å². The fourth-order valence-electron chi connectivity index (χ4n) is 3.17. The summed E-state index contributed by atoms with van der Waals surface area (Å²) in [6.07, 6.45) is 1.19. The summed E-state index contributed by atoms with van der Waals surface area (Å²) in [6.45, 7) is 12.8. The number of rotatable bonds is 6. The van der Waals surface area contributed by atoms with E-state index < -0.39 is 0 Å². The molecule has 0 radical (unpaired) electrons. The van der Waals surface area contributed by atoms with E-state index in [2.05, 4.69) is 29.0 Å². The molecule has 2 saturated heterocycles. The second-order valence-electron chi connectivity index (χ2n) is 6.25. The van der Waals surface area contributed by atoms with Gasteiger partial charge in [0.25, 0.3) is 0 Å². The third-order valence-electron chi connectivity index (χ3n) is 4.50. The highest BCUT2D eigenvalue weighted by atomic mass is 16.5. The smallest absolute Gasteiger partial charge is 0.193 e. The molecule has 2 unspecified atom stereocenters. The van der Waals surface area contributed by atoms with Gasteiger partial charge in [-0.25, -0.2) is 0 Å². The topological polar surface area (TPSA) is 49.3 Å². The molecule has 0 bridgehead atoms. The van der Waals surface area contributed by atoms with Crippen LogP contribution in [0.2, 0.25) is 0 Å². The maximum atomic E-state index is 5.42. The molecule has 0 spiro atoms. The number of morpholine rings is 1. The molecular weight excluding hydrogens is 280 g/mol. The lowest BCUT2D eigenvalue weighted by atomic mass is 10.1. The Morgan fingerprint density at radius 1 is 1.36 bits per heavy atom. The SMILES string of the molecule is CCNC(=NCC(C)N1CCOCC1)N1CCC(COC)C1. The van der Waals surface area contributed by atoms with Gasteiger partial charge in [-0.1, -0.05) is 0 Å². The molecule has 0 aliphatic carbocycles. The molecule has 0 aromatic heterocycles. The summed E-state index contributed by atoms with van der Waals surface area (Å²) < 4.78 is 10.7. The molecule has 2 rings (SSSR count). The summed E-state index contributed by atoms with van der Waals surface area (Å²) in [5.41, 5.74) is 0. The van der Waals surface area contributed by atoms with Crippen LogP contribution in [-0.2, 0) is 9.47 Å². The summed E-state index contributed by atoms with van der Waals surface area (Å²) in [5, 5.41) is 3.44. The van der Waals surface area contributed by atoms with E-state index in [-0.39, 0.29) is 0 Å². The Bertz CT molecular complexity index is 345. The third kappa shape index (κ3) is 5.11. The van der Waals surface area contributed by atoms with Gasteiger partial charge in [-0.05, 0) is 20.3 Å². The average Bonchev–Trinajstić information content (AvgIpc) is 3.01. The lowest BCUT2D eigenvalue weighted by Crippen LogP contribution is -2.45. The first-order chi connectivity index (χ1) is 10.7. The lowest BCUT2D eigenvalue weighted by molar-refractivity contribution is 0.0220. The van der Waals surface area contributed by atoms with E-state index in [0.29, 0.717) is 12.0 Å². The Morgan fingerprint density at radius 3 is 2.82 bits per heavy atom. The Morgan fingerprint density at radius 2 is 2.14 bits per heavy atom. The lowest BCUT2D eigenvalue weighted by Gasteiger charge is -2.31. The summed E-state index contributed by atoms with van der Waals surface area (Å²) >= 11 is 0. The molecule has 0 aromatic rings. The number of hydrogen-bond donors (Lipinski definition) is 1. The Kier molecular flexibility index (Phi) is 7.42. The summed E-state index contributed by atoms with van der Waals surface area (Å²) in [7, 11) is 1.78. The minimum absolute atomic E-state index is 0.468. The fourth-order valence-corrected chi connectivity index (χ4v) is 3.17. The number of guanidine groups is 1. The highest BCUT2D eigenvalue weighted by molar-refractivity contribution is 5.80. The van der Waals surface area contributed by atoms with E-state index in [0.717, 1.165) is 65.0 Å². The molecule has 6 heteroatoms. The minimum Gasteiger partial charge on any atom is -0.384 e. The van der Waals surface area contributed by atoms with E-state index >= 15 is 0 Å². The maximum absolute atomic E-state index is 5.42. The number of nitrogens with zero attached hydrogens (tertiary/aromatic N) is 3. The summed E-state index contributed by atoms with van der Waals surface area (Å²) in [5.74, 6) is 1.69. The first-order valence-electron chi connectivity index (χ1n) is 8.58.